The number of hydrogen-bond acceptors (Lipinski definition) is 5. The molecule has 3 aromatic carbocycles. The van der Waals surface area contributed by atoms with E-state index in [4.69, 9.17) is 4.74 Å². The zero-order valence-corrected chi connectivity index (χ0v) is 17.1. The van der Waals surface area contributed by atoms with Gasteiger partial charge in [-0.25, -0.2) is 0 Å². The Labute approximate surface area is 176 Å². The quantitative estimate of drug-likeness (QED) is 0.451. The number of aliphatic hydroxyl groups is 1. The third kappa shape index (κ3) is 3.21. The number of aliphatic hydroxyl groups excluding tert-OH is 1. The lowest BCUT2D eigenvalue weighted by Crippen LogP contribution is -2.22. The SMILES string of the molecule is CCN(CC)c1ccc2c(c1)Oc1c(ccc(O)c1C=O)C2c1ccccc1CO. The largest absolute Gasteiger partial charge is 0.507 e. The highest BCUT2D eigenvalue weighted by Gasteiger charge is 2.32. The predicted molar refractivity (Wildman–Crippen MR) is 117 cm³/mol. The Morgan fingerprint density at radius 1 is 1.00 bits per heavy atom. The van der Waals surface area contributed by atoms with Crippen LogP contribution in [0.4, 0.5) is 5.69 Å². The lowest BCUT2D eigenvalue weighted by Gasteiger charge is -2.32. The van der Waals surface area contributed by atoms with E-state index in [2.05, 4.69) is 30.9 Å². The lowest BCUT2D eigenvalue weighted by molar-refractivity contribution is 0.111. The molecule has 0 saturated carbocycles. The molecule has 1 unspecified atom stereocenters. The molecule has 0 aromatic heterocycles. The maximum atomic E-state index is 11.8. The summed E-state index contributed by atoms with van der Waals surface area (Å²) in [5.41, 5.74) is 4.68. The fourth-order valence-electron chi connectivity index (χ4n) is 4.27. The summed E-state index contributed by atoms with van der Waals surface area (Å²) in [4.78, 5) is 14.0. The highest BCUT2D eigenvalue weighted by molar-refractivity contribution is 5.86. The van der Waals surface area contributed by atoms with Crippen molar-refractivity contribution in [1.29, 1.82) is 0 Å². The molecule has 0 bridgehead atoms. The molecule has 0 radical (unpaired) electrons. The number of carbonyl (C=O) groups is 1. The number of hydrogen-bond donors (Lipinski definition) is 2. The molecule has 1 heterocycles. The van der Waals surface area contributed by atoms with Crippen LogP contribution in [0.5, 0.6) is 17.2 Å². The van der Waals surface area contributed by atoms with E-state index in [-0.39, 0.29) is 23.8 Å². The molecular formula is C25H25NO4. The maximum Gasteiger partial charge on any atom is 0.157 e. The van der Waals surface area contributed by atoms with E-state index in [0.29, 0.717) is 17.8 Å². The van der Waals surface area contributed by atoms with Gasteiger partial charge in [0.05, 0.1) is 12.2 Å². The monoisotopic (exact) mass is 403 g/mol. The van der Waals surface area contributed by atoms with Gasteiger partial charge in [-0.15, -0.1) is 0 Å². The smallest absolute Gasteiger partial charge is 0.157 e. The van der Waals surface area contributed by atoms with E-state index in [1.165, 1.54) is 6.07 Å². The Bertz CT molecular complexity index is 1090. The van der Waals surface area contributed by atoms with E-state index in [1.807, 2.05) is 30.3 Å². The fourth-order valence-corrected chi connectivity index (χ4v) is 4.27. The first kappa shape index (κ1) is 20.0. The summed E-state index contributed by atoms with van der Waals surface area (Å²) >= 11 is 0. The molecule has 1 aliphatic heterocycles. The van der Waals surface area contributed by atoms with Crippen LogP contribution in [0.2, 0.25) is 0 Å². The molecule has 0 amide bonds. The van der Waals surface area contributed by atoms with Gasteiger partial charge in [-0.2, -0.15) is 0 Å². The number of aldehydes is 1. The molecule has 4 rings (SSSR count). The molecule has 0 aliphatic carbocycles. The fraction of sp³-hybridized carbons (Fsp3) is 0.240. The number of fused-ring (bicyclic) bond motifs is 2. The molecule has 154 valence electrons. The number of nitrogens with zero attached hydrogens (tertiary/aromatic N) is 1. The van der Waals surface area contributed by atoms with Crippen LogP contribution in [0, 0.1) is 0 Å². The third-order valence-corrected chi connectivity index (χ3v) is 5.82. The van der Waals surface area contributed by atoms with Gasteiger partial charge in [-0.1, -0.05) is 36.4 Å². The van der Waals surface area contributed by atoms with E-state index in [9.17, 15) is 15.0 Å². The zero-order valence-electron chi connectivity index (χ0n) is 17.1. The Kier molecular flexibility index (Phi) is 5.46. The molecule has 1 atom stereocenters. The van der Waals surface area contributed by atoms with Crippen molar-refractivity contribution in [3.8, 4) is 17.2 Å². The van der Waals surface area contributed by atoms with Crippen LogP contribution in [0.1, 0.15) is 52.4 Å². The van der Waals surface area contributed by atoms with Crippen LogP contribution in [-0.2, 0) is 6.61 Å². The van der Waals surface area contributed by atoms with Crippen LogP contribution in [-0.4, -0.2) is 29.6 Å². The predicted octanol–water partition coefficient (Wildman–Crippen LogP) is 4.83. The second-order valence-corrected chi connectivity index (χ2v) is 7.32. The number of rotatable bonds is 6. The van der Waals surface area contributed by atoms with Crippen molar-refractivity contribution in [2.45, 2.75) is 26.4 Å². The molecule has 2 N–H and O–H groups in total. The number of phenolic OH excluding ortho intramolecular Hbond substituents is 1. The van der Waals surface area contributed by atoms with Crippen molar-refractivity contribution in [2.75, 3.05) is 18.0 Å². The van der Waals surface area contributed by atoms with E-state index >= 15 is 0 Å². The first-order valence-corrected chi connectivity index (χ1v) is 10.2. The lowest BCUT2D eigenvalue weighted by atomic mass is 9.80. The number of anilines is 1. The zero-order chi connectivity index (χ0) is 21.3. The third-order valence-electron chi connectivity index (χ3n) is 5.82. The van der Waals surface area contributed by atoms with Gasteiger partial charge in [0.1, 0.15) is 17.2 Å². The first-order valence-electron chi connectivity index (χ1n) is 10.2. The van der Waals surface area contributed by atoms with Gasteiger partial charge >= 0.3 is 0 Å². The van der Waals surface area contributed by atoms with E-state index in [0.717, 1.165) is 41.0 Å². The molecule has 0 spiro atoms. The summed E-state index contributed by atoms with van der Waals surface area (Å²) in [6.45, 7) is 5.84. The molecule has 5 heteroatoms. The number of ether oxygens (including phenoxy) is 1. The Balaban J connectivity index is 1.98. The normalized spacial score (nSPS) is 14.4. The van der Waals surface area contributed by atoms with Crippen molar-refractivity contribution >= 4 is 12.0 Å². The Hall–Kier alpha value is -3.31. The van der Waals surface area contributed by atoms with Crippen molar-refractivity contribution in [3.63, 3.8) is 0 Å². The molecule has 1 aliphatic rings. The summed E-state index contributed by atoms with van der Waals surface area (Å²) in [5, 5.41) is 20.2. The minimum Gasteiger partial charge on any atom is -0.507 e. The summed E-state index contributed by atoms with van der Waals surface area (Å²) in [6.07, 6.45) is 0.627. The molecule has 3 aromatic rings. The number of phenols is 1. The van der Waals surface area contributed by atoms with Gasteiger partial charge in [0, 0.05) is 41.9 Å². The second kappa shape index (κ2) is 8.20. The van der Waals surface area contributed by atoms with Crippen molar-refractivity contribution in [1.82, 2.24) is 0 Å². The van der Waals surface area contributed by atoms with Crippen LogP contribution in [0.15, 0.2) is 54.6 Å². The van der Waals surface area contributed by atoms with Crippen molar-refractivity contribution < 1.29 is 19.7 Å². The van der Waals surface area contributed by atoms with E-state index in [1.54, 1.807) is 6.07 Å². The van der Waals surface area contributed by atoms with Gasteiger partial charge < -0.3 is 19.8 Å². The highest BCUT2D eigenvalue weighted by atomic mass is 16.5. The van der Waals surface area contributed by atoms with Crippen LogP contribution < -0.4 is 9.64 Å². The molecule has 30 heavy (non-hydrogen) atoms. The topological polar surface area (TPSA) is 70.0 Å². The molecular weight excluding hydrogens is 378 g/mol. The van der Waals surface area contributed by atoms with Crippen LogP contribution >= 0.6 is 0 Å². The van der Waals surface area contributed by atoms with E-state index < -0.39 is 0 Å². The van der Waals surface area contributed by atoms with Gasteiger partial charge in [-0.3, -0.25) is 4.79 Å². The summed E-state index contributed by atoms with van der Waals surface area (Å²) in [6, 6.07) is 17.2. The minimum absolute atomic E-state index is 0.0889. The second-order valence-electron chi connectivity index (χ2n) is 7.32. The summed E-state index contributed by atoms with van der Waals surface area (Å²) in [5.74, 6) is 0.684. The minimum atomic E-state index is -0.225. The van der Waals surface area contributed by atoms with Gasteiger partial charge in [0.2, 0.25) is 0 Å². The van der Waals surface area contributed by atoms with Crippen molar-refractivity contribution in [3.05, 3.63) is 82.4 Å². The molecule has 0 fully saturated rings. The number of aromatic hydroxyl groups is 1. The summed E-state index contributed by atoms with van der Waals surface area (Å²) < 4.78 is 6.20. The Morgan fingerprint density at radius 3 is 2.43 bits per heavy atom. The average Bonchev–Trinajstić information content (AvgIpc) is 2.78. The highest BCUT2D eigenvalue weighted by Crippen LogP contribution is 2.51. The average molecular weight is 403 g/mol. The Morgan fingerprint density at radius 2 is 1.73 bits per heavy atom. The summed E-state index contributed by atoms with van der Waals surface area (Å²) in [7, 11) is 0. The van der Waals surface area contributed by atoms with Gasteiger partial charge in [0.25, 0.3) is 0 Å². The molecule has 0 saturated heterocycles. The first-order chi connectivity index (χ1) is 14.6. The van der Waals surface area contributed by atoms with Crippen molar-refractivity contribution in [2.24, 2.45) is 0 Å². The van der Waals surface area contributed by atoms with Crippen LogP contribution in [0.25, 0.3) is 0 Å². The van der Waals surface area contributed by atoms with Gasteiger partial charge in [-0.05, 0) is 37.1 Å². The number of carbonyl (C=O) groups excluding carboxylic acids is 1. The standard InChI is InChI=1S/C25H25NO4/c1-3-26(4-2)17-9-10-19-23(13-17)30-25-20(11-12-22(29)21(25)15-28)24(19)18-8-6-5-7-16(18)14-27/h5-13,15,24,27,29H,3-4,14H2,1-2H3. The number of benzene rings is 3. The maximum absolute atomic E-state index is 11.8. The molecule has 5 nitrogen and oxygen atoms in total. The van der Waals surface area contributed by atoms with Gasteiger partial charge in [0.15, 0.2) is 6.29 Å². The van der Waals surface area contributed by atoms with Crippen LogP contribution in [0.3, 0.4) is 0 Å².